The van der Waals surface area contributed by atoms with E-state index in [4.69, 9.17) is 4.74 Å². The molecule has 2 N–H and O–H groups in total. The summed E-state index contributed by atoms with van der Waals surface area (Å²) < 4.78 is 5.45. The molecule has 0 saturated carbocycles. The number of benzene rings is 2. The quantitative estimate of drug-likeness (QED) is 0.597. The van der Waals surface area contributed by atoms with E-state index in [2.05, 4.69) is 21.7 Å². The van der Waals surface area contributed by atoms with Crippen LogP contribution < -0.4 is 20.3 Å². The summed E-state index contributed by atoms with van der Waals surface area (Å²) in [5, 5.41) is 6.35. The maximum Gasteiger partial charge on any atom is 0.246 e. The van der Waals surface area contributed by atoms with Crippen LogP contribution in [0.25, 0.3) is 0 Å². The number of aliphatic imine (C=N–C) groups is 1. The Balaban J connectivity index is 1.63. The fourth-order valence-electron chi connectivity index (χ4n) is 3.34. The molecule has 6 heteroatoms. The summed E-state index contributed by atoms with van der Waals surface area (Å²) in [4.78, 5) is 19.1. The van der Waals surface area contributed by atoms with Gasteiger partial charge in [-0.3, -0.25) is 4.79 Å². The summed E-state index contributed by atoms with van der Waals surface area (Å²) in [7, 11) is 1.66. The number of nitrogens with one attached hydrogen (secondary N) is 2. The van der Waals surface area contributed by atoms with E-state index < -0.39 is 0 Å². The number of hydrogen-bond acceptors (Lipinski definition) is 3. The predicted octanol–water partition coefficient (Wildman–Crippen LogP) is 2.65. The van der Waals surface area contributed by atoms with E-state index in [1.54, 1.807) is 7.11 Å². The van der Waals surface area contributed by atoms with Crippen LogP contribution >= 0.6 is 0 Å². The second kappa shape index (κ2) is 9.26. The first kappa shape index (κ1) is 19.7. The van der Waals surface area contributed by atoms with Crippen LogP contribution in [0, 0.1) is 6.92 Å². The molecule has 0 radical (unpaired) electrons. The lowest BCUT2D eigenvalue weighted by atomic mass is 10.1. The Morgan fingerprint density at radius 2 is 2.04 bits per heavy atom. The topological polar surface area (TPSA) is 66.0 Å². The first-order chi connectivity index (χ1) is 13.6. The number of rotatable bonds is 6. The molecule has 1 amide bonds. The maximum atomic E-state index is 12.7. The van der Waals surface area contributed by atoms with Gasteiger partial charge >= 0.3 is 0 Å². The molecule has 28 heavy (non-hydrogen) atoms. The van der Waals surface area contributed by atoms with Crippen molar-refractivity contribution in [1.29, 1.82) is 0 Å². The Bertz CT molecular complexity index is 863. The highest BCUT2D eigenvalue weighted by Gasteiger charge is 2.23. The number of amides is 1. The first-order valence-corrected chi connectivity index (χ1v) is 9.66. The van der Waals surface area contributed by atoms with Crippen molar-refractivity contribution >= 4 is 17.6 Å². The number of fused-ring (bicyclic) bond motifs is 1. The lowest BCUT2D eigenvalue weighted by molar-refractivity contribution is -0.117. The Labute approximate surface area is 166 Å². The van der Waals surface area contributed by atoms with E-state index in [9.17, 15) is 4.79 Å². The highest BCUT2D eigenvalue weighted by atomic mass is 16.5. The summed E-state index contributed by atoms with van der Waals surface area (Å²) >= 11 is 0. The van der Waals surface area contributed by atoms with Gasteiger partial charge < -0.3 is 20.3 Å². The molecule has 0 bridgehead atoms. The predicted molar refractivity (Wildman–Crippen MR) is 113 cm³/mol. The van der Waals surface area contributed by atoms with E-state index in [1.807, 2.05) is 55.1 Å². The highest BCUT2D eigenvalue weighted by molar-refractivity contribution is 5.98. The zero-order chi connectivity index (χ0) is 19.9. The van der Waals surface area contributed by atoms with Crippen molar-refractivity contribution in [1.82, 2.24) is 10.6 Å². The van der Waals surface area contributed by atoms with Crippen molar-refractivity contribution in [3.63, 3.8) is 0 Å². The first-order valence-electron chi connectivity index (χ1n) is 9.66. The van der Waals surface area contributed by atoms with Crippen LogP contribution in [0.1, 0.15) is 23.6 Å². The number of hydrogen-bond donors (Lipinski definition) is 2. The van der Waals surface area contributed by atoms with E-state index in [1.165, 1.54) is 5.56 Å². The van der Waals surface area contributed by atoms with Gasteiger partial charge in [0.2, 0.25) is 5.91 Å². The Hall–Kier alpha value is -3.02. The van der Waals surface area contributed by atoms with E-state index in [0.717, 1.165) is 42.1 Å². The number of nitrogens with zero attached hydrogens (tertiary/aromatic N) is 2. The summed E-state index contributed by atoms with van der Waals surface area (Å²) in [6.07, 6.45) is 0.906. The van der Waals surface area contributed by atoms with E-state index in [0.29, 0.717) is 12.5 Å². The van der Waals surface area contributed by atoms with Crippen LogP contribution in [0.4, 0.5) is 5.69 Å². The minimum atomic E-state index is 0.0449. The van der Waals surface area contributed by atoms with Crippen LogP contribution in [0.5, 0.6) is 5.75 Å². The van der Waals surface area contributed by atoms with Crippen molar-refractivity contribution in [2.45, 2.75) is 26.8 Å². The van der Waals surface area contributed by atoms with Gasteiger partial charge in [-0.05, 0) is 43.5 Å². The molecule has 1 aliphatic rings. The number of aryl methyl sites for hydroxylation is 1. The zero-order valence-electron chi connectivity index (χ0n) is 16.8. The van der Waals surface area contributed by atoms with Gasteiger partial charge in [0.1, 0.15) is 5.75 Å². The molecule has 0 unspecified atom stereocenters. The van der Waals surface area contributed by atoms with Gasteiger partial charge in [-0.25, -0.2) is 4.99 Å². The largest absolute Gasteiger partial charge is 0.496 e. The van der Waals surface area contributed by atoms with Gasteiger partial charge in [0, 0.05) is 24.3 Å². The van der Waals surface area contributed by atoms with Gasteiger partial charge in [0.05, 0.1) is 20.2 Å². The molecule has 0 aromatic heterocycles. The molecule has 0 aliphatic carbocycles. The van der Waals surface area contributed by atoms with Gasteiger partial charge in [0.15, 0.2) is 5.96 Å². The third-order valence-corrected chi connectivity index (χ3v) is 4.79. The maximum absolute atomic E-state index is 12.7. The van der Waals surface area contributed by atoms with Crippen molar-refractivity contribution in [3.05, 3.63) is 59.2 Å². The normalized spacial score (nSPS) is 13.2. The van der Waals surface area contributed by atoms with Crippen LogP contribution in [-0.4, -0.2) is 38.6 Å². The molecule has 0 spiro atoms. The summed E-state index contributed by atoms with van der Waals surface area (Å²) in [6.45, 7) is 6.15. The second-order valence-corrected chi connectivity index (χ2v) is 6.79. The summed E-state index contributed by atoms with van der Waals surface area (Å²) in [6, 6.07) is 14.1. The molecule has 2 aromatic carbocycles. The van der Waals surface area contributed by atoms with Gasteiger partial charge in [-0.1, -0.05) is 30.3 Å². The molecule has 3 rings (SSSR count). The number of para-hydroxylation sites is 1. The van der Waals surface area contributed by atoms with Gasteiger partial charge in [-0.2, -0.15) is 0 Å². The third-order valence-electron chi connectivity index (χ3n) is 4.79. The molecule has 1 heterocycles. The van der Waals surface area contributed by atoms with Crippen molar-refractivity contribution in [3.8, 4) is 5.75 Å². The second-order valence-electron chi connectivity index (χ2n) is 6.79. The molecular weight excluding hydrogens is 352 g/mol. The molecule has 0 atom stereocenters. The molecule has 1 aliphatic heterocycles. The number of carbonyl (C=O) groups excluding carboxylic acids is 1. The summed E-state index contributed by atoms with van der Waals surface area (Å²) in [5.41, 5.74) is 4.39. The minimum Gasteiger partial charge on any atom is -0.496 e. The molecule has 2 aromatic rings. The van der Waals surface area contributed by atoms with Crippen molar-refractivity contribution < 1.29 is 9.53 Å². The number of ether oxygens (including phenoxy) is 1. The van der Waals surface area contributed by atoms with Gasteiger partial charge in [0.25, 0.3) is 0 Å². The SMILES string of the molecule is CCNC(=NCc1ccc(C)cc1OC)NCC(=O)N1CCc2ccccc21. The number of guanidine groups is 1. The minimum absolute atomic E-state index is 0.0449. The van der Waals surface area contributed by atoms with Gasteiger partial charge in [-0.15, -0.1) is 0 Å². The Morgan fingerprint density at radius 3 is 2.82 bits per heavy atom. The molecule has 0 fully saturated rings. The lowest BCUT2D eigenvalue weighted by Crippen LogP contribution is -2.44. The standard InChI is InChI=1S/C22H28N4O2/c1-4-23-22(24-14-18-10-9-16(2)13-20(18)28-3)25-15-21(27)26-12-11-17-7-5-6-8-19(17)26/h5-10,13H,4,11-12,14-15H2,1-3H3,(H2,23,24,25). The molecular formula is C22H28N4O2. The molecule has 148 valence electrons. The van der Waals surface area contributed by atoms with Crippen molar-refractivity contribution in [2.75, 3.05) is 31.6 Å². The summed E-state index contributed by atoms with van der Waals surface area (Å²) in [5.74, 6) is 1.48. The number of anilines is 1. The Kier molecular flexibility index (Phi) is 6.53. The fourth-order valence-corrected chi connectivity index (χ4v) is 3.34. The van der Waals surface area contributed by atoms with Crippen molar-refractivity contribution in [2.24, 2.45) is 4.99 Å². The lowest BCUT2D eigenvalue weighted by Gasteiger charge is -2.19. The van der Waals surface area contributed by atoms with Crippen LogP contribution in [-0.2, 0) is 17.8 Å². The average Bonchev–Trinajstić information content (AvgIpc) is 3.14. The van der Waals surface area contributed by atoms with Crippen LogP contribution in [0.15, 0.2) is 47.5 Å². The average molecular weight is 380 g/mol. The number of methoxy groups -OCH3 is 1. The highest BCUT2D eigenvalue weighted by Crippen LogP contribution is 2.27. The monoisotopic (exact) mass is 380 g/mol. The molecule has 0 saturated heterocycles. The van der Waals surface area contributed by atoms with Crippen LogP contribution in [0.3, 0.4) is 0 Å². The third kappa shape index (κ3) is 4.63. The van der Waals surface area contributed by atoms with E-state index >= 15 is 0 Å². The zero-order valence-corrected chi connectivity index (χ0v) is 16.8. The van der Waals surface area contributed by atoms with Crippen LogP contribution in [0.2, 0.25) is 0 Å². The number of carbonyl (C=O) groups is 1. The Morgan fingerprint density at radius 1 is 1.21 bits per heavy atom. The fraction of sp³-hybridized carbons (Fsp3) is 0.364. The van der Waals surface area contributed by atoms with E-state index in [-0.39, 0.29) is 12.5 Å². The molecule has 6 nitrogen and oxygen atoms in total. The smallest absolute Gasteiger partial charge is 0.246 e.